The zero-order valence-electron chi connectivity index (χ0n) is 14.9. The average Bonchev–Trinajstić information content (AvgIpc) is 2.68. The smallest absolute Gasteiger partial charge is 0.253 e. The van der Waals surface area contributed by atoms with Crippen LogP contribution in [0.5, 0.6) is 5.75 Å². The molecule has 1 atom stereocenters. The second-order valence-electron chi connectivity index (χ2n) is 6.44. The highest BCUT2D eigenvalue weighted by Gasteiger charge is 2.29. The van der Waals surface area contributed by atoms with Gasteiger partial charge in [-0.25, -0.2) is 8.78 Å². The van der Waals surface area contributed by atoms with Crippen molar-refractivity contribution in [2.45, 2.75) is 12.8 Å². The molecule has 2 amide bonds. The van der Waals surface area contributed by atoms with Gasteiger partial charge in [0.25, 0.3) is 5.91 Å². The van der Waals surface area contributed by atoms with E-state index < -0.39 is 17.6 Å². The van der Waals surface area contributed by atoms with Gasteiger partial charge in [0.15, 0.2) is 11.6 Å². The minimum Gasteiger partial charge on any atom is -0.494 e. The minimum absolute atomic E-state index is 0.0988. The third-order valence-corrected chi connectivity index (χ3v) is 4.59. The summed E-state index contributed by atoms with van der Waals surface area (Å²) in [5, 5.41) is 2.69. The molecule has 1 aliphatic rings. The molecule has 3 rings (SSSR count). The molecule has 5 nitrogen and oxygen atoms in total. The Balaban J connectivity index is 1.64. The molecule has 1 heterocycles. The number of ether oxygens (including phenoxy) is 1. The molecule has 27 heavy (non-hydrogen) atoms. The maximum Gasteiger partial charge on any atom is 0.253 e. The number of amides is 2. The SMILES string of the molecule is COc1ccc(NC(=O)C2CCCN(C(=O)c3ccc(F)cc3)C2)cc1F. The monoisotopic (exact) mass is 374 g/mol. The second kappa shape index (κ2) is 8.16. The molecule has 2 aromatic rings. The van der Waals surface area contributed by atoms with Crippen molar-refractivity contribution >= 4 is 17.5 Å². The first-order chi connectivity index (χ1) is 13.0. The van der Waals surface area contributed by atoms with Crippen LogP contribution in [0.3, 0.4) is 0 Å². The number of methoxy groups -OCH3 is 1. The van der Waals surface area contributed by atoms with Crippen molar-refractivity contribution in [3.63, 3.8) is 0 Å². The van der Waals surface area contributed by atoms with Gasteiger partial charge in [0.05, 0.1) is 13.0 Å². The average molecular weight is 374 g/mol. The van der Waals surface area contributed by atoms with Crippen LogP contribution in [0.15, 0.2) is 42.5 Å². The summed E-state index contributed by atoms with van der Waals surface area (Å²) in [6.45, 7) is 0.803. The molecule has 0 aliphatic carbocycles. The Hall–Kier alpha value is -2.96. The van der Waals surface area contributed by atoms with E-state index in [0.29, 0.717) is 30.6 Å². The maximum atomic E-state index is 13.8. The molecule has 1 aliphatic heterocycles. The standard InChI is InChI=1S/C20H20F2N2O3/c1-27-18-9-8-16(11-17(18)22)23-19(25)14-3-2-10-24(12-14)20(26)13-4-6-15(21)7-5-13/h4-9,11,14H,2-3,10,12H2,1H3,(H,23,25). The van der Waals surface area contributed by atoms with Crippen LogP contribution < -0.4 is 10.1 Å². The number of hydrogen-bond acceptors (Lipinski definition) is 3. The van der Waals surface area contributed by atoms with Crippen molar-refractivity contribution in [1.82, 2.24) is 4.90 Å². The summed E-state index contributed by atoms with van der Waals surface area (Å²) in [6.07, 6.45) is 1.32. The third kappa shape index (κ3) is 4.42. The zero-order valence-corrected chi connectivity index (χ0v) is 14.9. The van der Waals surface area contributed by atoms with Gasteiger partial charge in [-0.2, -0.15) is 0 Å². The van der Waals surface area contributed by atoms with E-state index in [0.717, 1.165) is 0 Å². The number of carbonyl (C=O) groups is 2. The van der Waals surface area contributed by atoms with E-state index in [1.54, 1.807) is 11.0 Å². The summed E-state index contributed by atoms with van der Waals surface area (Å²) < 4.78 is 31.7. The summed E-state index contributed by atoms with van der Waals surface area (Å²) in [5.74, 6) is -1.77. The van der Waals surface area contributed by atoms with Crippen molar-refractivity contribution in [2.24, 2.45) is 5.92 Å². The Morgan fingerprint density at radius 3 is 2.56 bits per heavy atom. The molecule has 1 fully saturated rings. The van der Waals surface area contributed by atoms with Crippen LogP contribution in [-0.4, -0.2) is 36.9 Å². The first-order valence-corrected chi connectivity index (χ1v) is 8.67. The van der Waals surface area contributed by atoms with E-state index >= 15 is 0 Å². The largest absolute Gasteiger partial charge is 0.494 e. The Kier molecular flexibility index (Phi) is 5.69. The quantitative estimate of drug-likeness (QED) is 0.892. The third-order valence-electron chi connectivity index (χ3n) is 4.59. The molecule has 1 N–H and O–H groups in total. The van der Waals surface area contributed by atoms with Crippen molar-refractivity contribution in [2.75, 3.05) is 25.5 Å². The molecular weight excluding hydrogens is 354 g/mol. The number of likely N-dealkylation sites (tertiary alicyclic amines) is 1. The fourth-order valence-corrected chi connectivity index (χ4v) is 3.14. The summed E-state index contributed by atoms with van der Waals surface area (Å²) in [5.41, 5.74) is 0.718. The second-order valence-corrected chi connectivity index (χ2v) is 6.44. The van der Waals surface area contributed by atoms with E-state index in [1.807, 2.05) is 0 Å². The van der Waals surface area contributed by atoms with E-state index in [4.69, 9.17) is 4.74 Å². The lowest BCUT2D eigenvalue weighted by atomic mass is 9.96. The number of nitrogens with one attached hydrogen (secondary N) is 1. The first kappa shape index (κ1) is 18.8. The molecule has 1 saturated heterocycles. The lowest BCUT2D eigenvalue weighted by Crippen LogP contribution is -2.43. The van der Waals surface area contributed by atoms with Gasteiger partial charge in [-0.05, 0) is 49.2 Å². The van der Waals surface area contributed by atoms with Gasteiger partial charge in [-0.3, -0.25) is 9.59 Å². The molecule has 2 aromatic carbocycles. The number of anilines is 1. The number of hydrogen-bond donors (Lipinski definition) is 1. The van der Waals surface area contributed by atoms with E-state index in [9.17, 15) is 18.4 Å². The maximum absolute atomic E-state index is 13.8. The van der Waals surface area contributed by atoms with Crippen LogP contribution in [0.2, 0.25) is 0 Å². The van der Waals surface area contributed by atoms with Crippen LogP contribution in [0.4, 0.5) is 14.5 Å². The summed E-state index contributed by atoms with van der Waals surface area (Å²) in [4.78, 5) is 26.7. The number of rotatable bonds is 4. The Morgan fingerprint density at radius 1 is 1.15 bits per heavy atom. The molecule has 1 unspecified atom stereocenters. The van der Waals surface area contributed by atoms with Crippen LogP contribution in [-0.2, 0) is 4.79 Å². The lowest BCUT2D eigenvalue weighted by Gasteiger charge is -2.32. The highest BCUT2D eigenvalue weighted by molar-refractivity contribution is 5.96. The summed E-state index contributed by atoms with van der Waals surface area (Å²) >= 11 is 0. The number of halogens is 2. The van der Waals surface area contributed by atoms with Gasteiger partial charge in [-0.1, -0.05) is 0 Å². The minimum atomic E-state index is -0.563. The van der Waals surface area contributed by atoms with E-state index in [-0.39, 0.29) is 24.1 Å². The molecule has 0 radical (unpaired) electrons. The first-order valence-electron chi connectivity index (χ1n) is 8.67. The Labute approximate surface area is 155 Å². The zero-order chi connectivity index (χ0) is 19.4. The topological polar surface area (TPSA) is 58.6 Å². The van der Waals surface area contributed by atoms with Crippen molar-refractivity contribution in [1.29, 1.82) is 0 Å². The van der Waals surface area contributed by atoms with Gasteiger partial charge in [0.1, 0.15) is 5.82 Å². The van der Waals surface area contributed by atoms with Gasteiger partial charge in [0.2, 0.25) is 5.91 Å². The number of benzene rings is 2. The molecule has 0 spiro atoms. The molecule has 0 aromatic heterocycles. The van der Waals surface area contributed by atoms with Crippen LogP contribution in [0.1, 0.15) is 23.2 Å². The van der Waals surface area contributed by atoms with Gasteiger partial charge in [0, 0.05) is 30.4 Å². The van der Waals surface area contributed by atoms with Crippen molar-refractivity contribution in [3.05, 3.63) is 59.7 Å². The predicted octanol–water partition coefficient (Wildman–Crippen LogP) is 3.46. The van der Waals surface area contributed by atoms with Crippen LogP contribution >= 0.6 is 0 Å². The highest BCUT2D eigenvalue weighted by Crippen LogP contribution is 2.23. The molecule has 0 saturated carbocycles. The Bertz CT molecular complexity index is 840. The fraction of sp³-hybridized carbons (Fsp3) is 0.300. The normalized spacial score (nSPS) is 16.7. The van der Waals surface area contributed by atoms with Crippen LogP contribution in [0, 0.1) is 17.6 Å². The van der Waals surface area contributed by atoms with Crippen LogP contribution in [0.25, 0.3) is 0 Å². The lowest BCUT2D eigenvalue weighted by molar-refractivity contribution is -0.121. The van der Waals surface area contributed by atoms with E-state index in [2.05, 4.69) is 5.32 Å². The predicted molar refractivity (Wildman–Crippen MR) is 96.6 cm³/mol. The molecule has 0 bridgehead atoms. The molecular formula is C20H20F2N2O3. The number of piperidine rings is 1. The Morgan fingerprint density at radius 2 is 1.89 bits per heavy atom. The summed E-state index contributed by atoms with van der Waals surface area (Å²) in [7, 11) is 1.37. The molecule has 142 valence electrons. The van der Waals surface area contributed by atoms with E-state index in [1.165, 1.54) is 43.5 Å². The van der Waals surface area contributed by atoms with Gasteiger partial charge < -0.3 is 15.0 Å². The van der Waals surface area contributed by atoms with Crippen molar-refractivity contribution < 1.29 is 23.1 Å². The number of carbonyl (C=O) groups excluding carboxylic acids is 2. The fourth-order valence-electron chi connectivity index (χ4n) is 3.14. The van der Waals surface area contributed by atoms with Gasteiger partial charge in [-0.15, -0.1) is 0 Å². The molecule has 7 heteroatoms. The number of nitrogens with zero attached hydrogens (tertiary/aromatic N) is 1. The van der Waals surface area contributed by atoms with Crippen molar-refractivity contribution in [3.8, 4) is 5.75 Å². The highest BCUT2D eigenvalue weighted by atomic mass is 19.1. The summed E-state index contributed by atoms with van der Waals surface area (Å²) in [6, 6.07) is 9.53. The van der Waals surface area contributed by atoms with Gasteiger partial charge >= 0.3 is 0 Å².